The fourth-order valence-corrected chi connectivity index (χ4v) is 1.88. The topological polar surface area (TPSA) is 69.6 Å². The molecule has 3 N–H and O–H groups in total. The van der Waals surface area contributed by atoms with Crippen molar-refractivity contribution < 1.29 is 15.0 Å². The molecular formula is C10H19NO3. The maximum atomic E-state index is 10.8. The predicted molar refractivity (Wildman–Crippen MR) is 52.7 cm³/mol. The molecule has 0 aromatic carbocycles. The molecule has 1 fully saturated rings. The van der Waals surface area contributed by atoms with E-state index in [0.29, 0.717) is 0 Å². The molecule has 0 spiro atoms. The van der Waals surface area contributed by atoms with Crippen LogP contribution >= 0.6 is 0 Å². The molecule has 0 heterocycles. The van der Waals surface area contributed by atoms with Crippen molar-refractivity contribution in [2.24, 2.45) is 0 Å². The van der Waals surface area contributed by atoms with Gasteiger partial charge in [-0.05, 0) is 12.8 Å². The van der Waals surface area contributed by atoms with Crippen LogP contribution < -0.4 is 5.32 Å². The van der Waals surface area contributed by atoms with Crippen LogP contribution in [0.1, 0.15) is 38.5 Å². The lowest BCUT2D eigenvalue weighted by atomic mass is 9.94. The van der Waals surface area contributed by atoms with Crippen molar-refractivity contribution in [1.29, 1.82) is 0 Å². The molecule has 0 bridgehead atoms. The van der Waals surface area contributed by atoms with Crippen molar-refractivity contribution in [1.82, 2.24) is 5.32 Å². The highest BCUT2D eigenvalue weighted by atomic mass is 16.3. The van der Waals surface area contributed by atoms with Gasteiger partial charge in [0, 0.05) is 6.54 Å². The minimum atomic E-state index is -0.749. The average molecular weight is 201 g/mol. The molecule has 1 rings (SSSR count). The second kappa shape index (κ2) is 5.32. The van der Waals surface area contributed by atoms with Crippen molar-refractivity contribution in [3.63, 3.8) is 0 Å². The molecule has 0 radical (unpaired) electrons. The van der Waals surface area contributed by atoms with Crippen LogP contribution in [-0.2, 0) is 4.79 Å². The summed E-state index contributed by atoms with van der Waals surface area (Å²) in [6.45, 7) is -0.234. The number of hydrogen-bond acceptors (Lipinski definition) is 3. The van der Waals surface area contributed by atoms with Crippen LogP contribution in [0.3, 0.4) is 0 Å². The van der Waals surface area contributed by atoms with Gasteiger partial charge in [-0.15, -0.1) is 0 Å². The highest BCUT2D eigenvalue weighted by Crippen LogP contribution is 2.26. The van der Waals surface area contributed by atoms with E-state index in [-0.39, 0.29) is 6.54 Å². The zero-order valence-corrected chi connectivity index (χ0v) is 8.46. The van der Waals surface area contributed by atoms with E-state index in [9.17, 15) is 9.90 Å². The molecule has 1 aliphatic rings. The van der Waals surface area contributed by atoms with Crippen LogP contribution in [0.2, 0.25) is 0 Å². The Labute approximate surface area is 84.3 Å². The van der Waals surface area contributed by atoms with Gasteiger partial charge in [0.25, 0.3) is 0 Å². The fourth-order valence-electron chi connectivity index (χ4n) is 1.88. The first-order valence-corrected chi connectivity index (χ1v) is 5.26. The van der Waals surface area contributed by atoms with Crippen molar-refractivity contribution in [2.45, 2.75) is 44.1 Å². The largest absolute Gasteiger partial charge is 0.388 e. The Hall–Kier alpha value is -0.610. The number of aliphatic hydroxyl groups is 2. The molecule has 1 aliphatic carbocycles. The summed E-state index contributed by atoms with van der Waals surface area (Å²) >= 11 is 0. The third kappa shape index (κ3) is 3.64. The smallest absolute Gasteiger partial charge is 0.245 e. The summed E-state index contributed by atoms with van der Waals surface area (Å²) in [6.07, 6.45) is 5.86. The molecule has 4 nitrogen and oxygen atoms in total. The van der Waals surface area contributed by atoms with Gasteiger partial charge < -0.3 is 15.5 Å². The van der Waals surface area contributed by atoms with Gasteiger partial charge in [-0.25, -0.2) is 0 Å². The van der Waals surface area contributed by atoms with Gasteiger partial charge >= 0.3 is 0 Å². The maximum absolute atomic E-state index is 10.8. The van der Waals surface area contributed by atoms with E-state index >= 15 is 0 Å². The van der Waals surface area contributed by atoms with Crippen LogP contribution in [0.5, 0.6) is 0 Å². The minimum Gasteiger partial charge on any atom is -0.388 e. The van der Waals surface area contributed by atoms with Gasteiger partial charge in [0.1, 0.15) is 6.61 Å². The lowest BCUT2D eigenvalue weighted by molar-refractivity contribution is -0.125. The third-order valence-corrected chi connectivity index (χ3v) is 2.79. The first-order valence-electron chi connectivity index (χ1n) is 5.26. The Kier molecular flexibility index (Phi) is 4.35. The molecule has 1 amide bonds. The summed E-state index contributed by atoms with van der Waals surface area (Å²) in [6, 6.07) is 0. The van der Waals surface area contributed by atoms with Crippen molar-refractivity contribution >= 4 is 5.91 Å². The Balaban J connectivity index is 2.35. The standard InChI is InChI=1S/C10H19NO3/c12-7-9(13)11-8-10(14)5-3-1-2-4-6-10/h12,14H,1-8H2,(H,11,13). The lowest BCUT2D eigenvalue weighted by Gasteiger charge is -2.26. The lowest BCUT2D eigenvalue weighted by Crippen LogP contribution is -2.43. The number of carbonyl (C=O) groups excluding carboxylic acids is 1. The number of rotatable bonds is 3. The molecule has 14 heavy (non-hydrogen) atoms. The Morgan fingerprint density at radius 1 is 1.21 bits per heavy atom. The molecule has 0 aromatic heterocycles. The first-order chi connectivity index (χ1) is 6.66. The zero-order chi connectivity index (χ0) is 10.4. The van der Waals surface area contributed by atoms with Gasteiger partial charge in [-0.2, -0.15) is 0 Å². The molecule has 1 saturated carbocycles. The summed E-state index contributed by atoms with van der Waals surface area (Å²) in [7, 11) is 0. The van der Waals surface area contributed by atoms with Crippen LogP contribution in [0.4, 0.5) is 0 Å². The van der Waals surface area contributed by atoms with Crippen LogP contribution in [0, 0.1) is 0 Å². The summed E-state index contributed by atoms with van der Waals surface area (Å²) in [5, 5.41) is 21.1. The van der Waals surface area contributed by atoms with Crippen LogP contribution in [0.15, 0.2) is 0 Å². The monoisotopic (exact) mass is 201 g/mol. The number of carbonyl (C=O) groups is 1. The number of nitrogens with one attached hydrogen (secondary N) is 1. The second-order valence-electron chi connectivity index (χ2n) is 4.07. The predicted octanol–water partition coefficient (Wildman–Crippen LogP) is 0.180. The van der Waals surface area contributed by atoms with E-state index in [1.165, 1.54) is 0 Å². The van der Waals surface area contributed by atoms with E-state index in [1.54, 1.807) is 0 Å². The summed E-state index contributed by atoms with van der Waals surface area (Å²) in [5.74, 6) is -0.414. The summed E-state index contributed by atoms with van der Waals surface area (Å²) in [5.41, 5.74) is -0.749. The first kappa shape index (κ1) is 11.5. The average Bonchev–Trinajstić information content (AvgIpc) is 2.40. The molecular weight excluding hydrogens is 182 g/mol. The Morgan fingerprint density at radius 2 is 1.79 bits per heavy atom. The van der Waals surface area contributed by atoms with Gasteiger partial charge in [0.2, 0.25) is 5.91 Å². The molecule has 0 saturated heterocycles. The number of amides is 1. The highest BCUT2D eigenvalue weighted by Gasteiger charge is 2.27. The van der Waals surface area contributed by atoms with Crippen molar-refractivity contribution in [3.8, 4) is 0 Å². The number of aliphatic hydroxyl groups excluding tert-OH is 1. The quantitative estimate of drug-likeness (QED) is 0.570. The molecule has 0 aromatic rings. The second-order valence-corrected chi connectivity index (χ2v) is 4.07. The molecule has 0 unspecified atom stereocenters. The molecule has 0 atom stereocenters. The SMILES string of the molecule is O=C(CO)NCC1(O)CCCCCC1. The zero-order valence-electron chi connectivity index (χ0n) is 8.46. The fraction of sp³-hybridized carbons (Fsp3) is 0.900. The maximum Gasteiger partial charge on any atom is 0.245 e. The Bertz CT molecular complexity index is 186. The van der Waals surface area contributed by atoms with Gasteiger partial charge in [0.05, 0.1) is 5.60 Å². The summed E-state index contributed by atoms with van der Waals surface area (Å²) in [4.78, 5) is 10.8. The molecule has 82 valence electrons. The van der Waals surface area contributed by atoms with E-state index in [1.807, 2.05) is 0 Å². The van der Waals surface area contributed by atoms with Gasteiger partial charge in [0.15, 0.2) is 0 Å². The Morgan fingerprint density at radius 3 is 2.29 bits per heavy atom. The van der Waals surface area contributed by atoms with Crippen LogP contribution in [-0.4, -0.2) is 34.9 Å². The van der Waals surface area contributed by atoms with Gasteiger partial charge in [-0.3, -0.25) is 4.79 Å². The van der Waals surface area contributed by atoms with E-state index in [2.05, 4.69) is 5.32 Å². The van der Waals surface area contributed by atoms with E-state index < -0.39 is 18.1 Å². The number of hydrogen-bond donors (Lipinski definition) is 3. The third-order valence-electron chi connectivity index (χ3n) is 2.79. The molecule has 4 heteroatoms. The molecule has 0 aliphatic heterocycles. The van der Waals surface area contributed by atoms with E-state index in [0.717, 1.165) is 38.5 Å². The van der Waals surface area contributed by atoms with E-state index in [4.69, 9.17) is 5.11 Å². The highest BCUT2D eigenvalue weighted by molar-refractivity contribution is 5.76. The van der Waals surface area contributed by atoms with Crippen LogP contribution in [0.25, 0.3) is 0 Å². The van der Waals surface area contributed by atoms with Gasteiger partial charge in [-0.1, -0.05) is 25.7 Å². The summed E-state index contributed by atoms with van der Waals surface area (Å²) < 4.78 is 0. The minimum absolute atomic E-state index is 0.270. The van der Waals surface area contributed by atoms with Crippen molar-refractivity contribution in [2.75, 3.05) is 13.2 Å². The normalized spacial score (nSPS) is 21.3. The van der Waals surface area contributed by atoms with Crippen molar-refractivity contribution in [3.05, 3.63) is 0 Å².